The molecule has 0 saturated carbocycles. The monoisotopic (exact) mass is 386 g/mol. The summed E-state index contributed by atoms with van der Waals surface area (Å²) in [5.41, 5.74) is 3.60. The standard InChI is InChI=1S/C23H35FN4/c1-4-26(17-22-18-28(5-2)25-19(22)3)15-21-9-7-12-27(16-21)13-11-20-8-6-10-23(24)14-20/h6,8,10,14,18,21H,4-5,7,9,11-13,15-17H2,1-3H3/t21-/m1/s1. The second kappa shape index (κ2) is 10.2. The van der Waals surface area contributed by atoms with Crippen LogP contribution >= 0.6 is 0 Å². The lowest BCUT2D eigenvalue weighted by molar-refractivity contribution is 0.133. The summed E-state index contributed by atoms with van der Waals surface area (Å²) in [4.78, 5) is 5.12. The van der Waals surface area contributed by atoms with Gasteiger partial charge < -0.3 is 4.90 Å². The fourth-order valence-corrected chi connectivity index (χ4v) is 4.27. The van der Waals surface area contributed by atoms with Gasteiger partial charge in [-0.3, -0.25) is 9.58 Å². The van der Waals surface area contributed by atoms with Crippen molar-refractivity contribution in [3.8, 4) is 0 Å². The lowest BCUT2D eigenvalue weighted by Crippen LogP contribution is -2.41. The Morgan fingerprint density at radius 1 is 1.29 bits per heavy atom. The largest absolute Gasteiger partial charge is 0.303 e. The number of likely N-dealkylation sites (tertiary alicyclic amines) is 1. The van der Waals surface area contributed by atoms with Crippen LogP contribution in [0.2, 0.25) is 0 Å². The van der Waals surface area contributed by atoms with Crippen LogP contribution < -0.4 is 0 Å². The summed E-state index contributed by atoms with van der Waals surface area (Å²) in [6, 6.07) is 7.03. The van der Waals surface area contributed by atoms with Gasteiger partial charge in [0, 0.05) is 44.5 Å². The topological polar surface area (TPSA) is 24.3 Å². The minimum absolute atomic E-state index is 0.130. The second-order valence-electron chi connectivity index (χ2n) is 8.11. The SMILES string of the molecule is CCN(Cc1cn(CC)nc1C)C[C@H]1CCCN(CCc2cccc(F)c2)C1. The molecule has 28 heavy (non-hydrogen) atoms. The van der Waals surface area contributed by atoms with Gasteiger partial charge in [-0.25, -0.2) is 4.39 Å². The zero-order valence-corrected chi connectivity index (χ0v) is 17.7. The number of hydrogen-bond donors (Lipinski definition) is 0. The first-order valence-electron chi connectivity index (χ1n) is 10.8. The van der Waals surface area contributed by atoms with E-state index in [1.165, 1.54) is 31.0 Å². The summed E-state index contributed by atoms with van der Waals surface area (Å²) in [6.45, 7) is 14.0. The number of hydrogen-bond acceptors (Lipinski definition) is 3. The summed E-state index contributed by atoms with van der Waals surface area (Å²) in [6.07, 6.45) is 5.69. The Hall–Kier alpha value is -1.72. The first kappa shape index (κ1) is 21.0. The lowest BCUT2D eigenvalue weighted by atomic mass is 9.96. The van der Waals surface area contributed by atoms with Crippen LogP contribution in [-0.4, -0.2) is 52.3 Å². The molecule has 0 amide bonds. The average Bonchev–Trinajstić information content (AvgIpc) is 3.06. The first-order valence-corrected chi connectivity index (χ1v) is 10.8. The molecule has 3 rings (SSSR count). The van der Waals surface area contributed by atoms with Crippen LogP contribution in [0.25, 0.3) is 0 Å². The highest BCUT2D eigenvalue weighted by Crippen LogP contribution is 2.20. The Morgan fingerprint density at radius 2 is 2.14 bits per heavy atom. The maximum absolute atomic E-state index is 13.4. The fraction of sp³-hybridized carbons (Fsp3) is 0.609. The molecule has 1 aliphatic heterocycles. The van der Waals surface area contributed by atoms with Gasteiger partial charge in [-0.2, -0.15) is 5.10 Å². The molecule has 0 radical (unpaired) electrons. The van der Waals surface area contributed by atoms with Gasteiger partial charge in [-0.15, -0.1) is 0 Å². The number of nitrogens with zero attached hydrogens (tertiary/aromatic N) is 4. The Balaban J connectivity index is 1.50. The number of aryl methyl sites for hydroxylation is 2. The van der Waals surface area contributed by atoms with Crippen molar-refractivity contribution in [2.45, 2.75) is 53.1 Å². The van der Waals surface area contributed by atoms with Crippen molar-refractivity contribution in [2.24, 2.45) is 5.92 Å². The molecule has 1 aromatic carbocycles. The van der Waals surface area contributed by atoms with Crippen molar-refractivity contribution < 1.29 is 4.39 Å². The van der Waals surface area contributed by atoms with Gasteiger partial charge in [-0.05, 0) is 69.8 Å². The van der Waals surface area contributed by atoms with Gasteiger partial charge in [0.05, 0.1) is 5.69 Å². The fourth-order valence-electron chi connectivity index (χ4n) is 4.27. The van der Waals surface area contributed by atoms with E-state index in [2.05, 4.69) is 41.9 Å². The van der Waals surface area contributed by atoms with Crippen LogP contribution in [0.5, 0.6) is 0 Å². The highest BCUT2D eigenvalue weighted by molar-refractivity contribution is 5.17. The summed E-state index contributed by atoms with van der Waals surface area (Å²) in [5, 5.41) is 4.59. The van der Waals surface area contributed by atoms with E-state index in [1.54, 1.807) is 6.07 Å². The molecule has 1 saturated heterocycles. The number of piperidine rings is 1. The van der Waals surface area contributed by atoms with Crippen molar-refractivity contribution in [1.82, 2.24) is 19.6 Å². The number of benzene rings is 1. The molecule has 4 nitrogen and oxygen atoms in total. The third kappa shape index (κ3) is 5.89. The highest BCUT2D eigenvalue weighted by Gasteiger charge is 2.22. The van der Waals surface area contributed by atoms with E-state index < -0.39 is 0 Å². The van der Waals surface area contributed by atoms with E-state index in [9.17, 15) is 4.39 Å². The molecule has 0 unspecified atom stereocenters. The molecular weight excluding hydrogens is 351 g/mol. The minimum atomic E-state index is -0.130. The van der Waals surface area contributed by atoms with Crippen molar-refractivity contribution in [3.63, 3.8) is 0 Å². The third-order valence-electron chi connectivity index (χ3n) is 5.94. The summed E-state index contributed by atoms with van der Waals surface area (Å²) >= 11 is 0. The summed E-state index contributed by atoms with van der Waals surface area (Å²) in [7, 11) is 0. The molecule has 2 aromatic rings. The van der Waals surface area contributed by atoms with Gasteiger partial charge in [-0.1, -0.05) is 19.1 Å². The number of rotatable bonds is 9. The van der Waals surface area contributed by atoms with Crippen LogP contribution in [0.4, 0.5) is 4.39 Å². The van der Waals surface area contributed by atoms with Crippen molar-refractivity contribution in [3.05, 3.63) is 53.1 Å². The van der Waals surface area contributed by atoms with Crippen molar-refractivity contribution in [2.75, 3.05) is 32.7 Å². The zero-order valence-electron chi connectivity index (χ0n) is 17.7. The van der Waals surface area contributed by atoms with Crippen LogP contribution in [0, 0.1) is 18.7 Å². The van der Waals surface area contributed by atoms with Gasteiger partial charge in [0.2, 0.25) is 0 Å². The molecule has 0 N–H and O–H groups in total. The molecule has 5 heteroatoms. The Morgan fingerprint density at radius 3 is 2.86 bits per heavy atom. The molecule has 2 heterocycles. The van der Waals surface area contributed by atoms with E-state index in [0.717, 1.165) is 56.9 Å². The third-order valence-corrected chi connectivity index (χ3v) is 5.94. The maximum Gasteiger partial charge on any atom is 0.123 e. The highest BCUT2D eigenvalue weighted by atomic mass is 19.1. The van der Waals surface area contributed by atoms with Crippen LogP contribution in [0.15, 0.2) is 30.5 Å². The van der Waals surface area contributed by atoms with E-state index in [0.29, 0.717) is 5.92 Å². The van der Waals surface area contributed by atoms with Gasteiger partial charge in [0.25, 0.3) is 0 Å². The number of aromatic nitrogens is 2. The Labute approximate surface area is 169 Å². The maximum atomic E-state index is 13.4. The van der Waals surface area contributed by atoms with E-state index in [1.807, 2.05) is 16.8 Å². The molecule has 1 aliphatic rings. The Bertz CT molecular complexity index is 742. The molecule has 0 bridgehead atoms. The quantitative estimate of drug-likeness (QED) is 0.648. The minimum Gasteiger partial charge on any atom is -0.303 e. The average molecular weight is 387 g/mol. The molecule has 1 fully saturated rings. The zero-order chi connectivity index (χ0) is 19.9. The van der Waals surface area contributed by atoms with E-state index in [-0.39, 0.29) is 5.82 Å². The van der Waals surface area contributed by atoms with E-state index in [4.69, 9.17) is 0 Å². The Kier molecular flexibility index (Phi) is 7.63. The predicted octanol–water partition coefficient (Wildman–Crippen LogP) is 4.13. The molecule has 1 aromatic heterocycles. The van der Waals surface area contributed by atoms with Crippen molar-refractivity contribution >= 4 is 0 Å². The van der Waals surface area contributed by atoms with Crippen molar-refractivity contribution in [1.29, 1.82) is 0 Å². The summed E-state index contributed by atoms with van der Waals surface area (Å²) < 4.78 is 15.4. The molecule has 0 aliphatic carbocycles. The smallest absolute Gasteiger partial charge is 0.123 e. The number of halogens is 1. The summed E-state index contributed by atoms with van der Waals surface area (Å²) in [5.74, 6) is 0.581. The predicted molar refractivity (Wildman–Crippen MR) is 113 cm³/mol. The first-order chi connectivity index (χ1) is 13.6. The van der Waals surface area contributed by atoms with Gasteiger partial charge in [0.15, 0.2) is 0 Å². The van der Waals surface area contributed by atoms with Crippen LogP contribution in [0.1, 0.15) is 43.5 Å². The molecule has 154 valence electrons. The van der Waals surface area contributed by atoms with E-state index >= 15 is 0 Å². The van der Waals surface area contributed by atoms with Crippen LogP contribution in [0.3, 0.4) is 0 Å². The normalized spacial score (nSPS) is 18.1. The lowest BCUT2D eigenvalue weighted by Gasteiger charge is -2.35. The second-order valence-corrected chi connectivity index (χ2v) is 8.11. The molecular formula is C23H35FN4. The van der Waals surface area contributed by atoms with Crippen LogP contribution in [-0.2, 0) is 19.5 Å². The molecule has 1 atom stereocenters. The molecule has 0 spiro atoms. The van der Waals surface area contributed by atoms with Gasteiger partial charge >= 0.3 is 0 Å². The van der Waals surface area contributed by atoms with Gasteiger partial charge in [0.1, 0.15) is 5.82 Å².